The van der Waals surface area contributed by atoms with Gasteiger partial charge < -0.3 is 5.32 Å². The molecule has 0 atom stereocenters. The first kappa shape index (κ1) is 18.9. The Balaban J connectivity index is 2.05. The second-order valence-corrected chi connectivity index (χ2v) is 8.13. The second-order valence-electron chi connectivity index (χ2n) is 5.59. The van der Waals surface area contributed by atoms with Crippen LogP contribution in [-0.4, -0.2) is 32.1 Å². The van der Waals surface area contributed by atoms with E-state index in [0.29, 0.717) is 21.2 Å². The average Bonchev–Trinajstić information content (AvgIpc) is 3.06. The minimum absolute atomic E-state index is 0.0799. The van der Waals surface area contributed by atoms with Crippen LogP contribution in [0, 0.1) is 13.8 Å². The molecule has 0 aliphatic rings. The molecule has 0 spiro atoms. The van der Waals surface area contributed by atoms with Crippen molar-refractivity contribution in [2.45, 2.75) is 24.3 Å². The van der Waals surface area contributed by atoms with Crippen molar-refractivity contribution >= 4 is 44.8 Å². The first-order valence-corrected chi connectivity index (χ1v) is 9.36. The van der Waals surface area contributed by atoms with Crippen molar-refractivity contribution in [1.82, 2.24) is 24.5 Å². The number of aromatic nitrogens is 4. The summed E-state index contributed by atoms with van der Waals surface area (Å²) in [7, 11) is 1.49. The number of halogens is 3. The number of hydrogen-bond donors (Lipinski definition) is 1. The molecule has 0 aliphatic heterocycles. The van der Waals surface area contributed by atoms with Crippen molar-refractivity contribution in [2.24, 2.45) is 0 Å². The highest BCUT2D eigenvalue weighted by molar-refractivity contribution is 14.1. The van der Waals surface area contributed by atoms with Crippen LogP contribution in [0.5, 0.6) is 0 Å². The number of amides is 1. The Labute approximate surface area is 164 Å². The molecule has 138 valence electrons. The molecule has 7 nitrogen and oxygen atoms in total. The molecule has 0 aliphatic carbocycles. The summed E-state index contributed by atoms with van der Waals surface area (Å²) in [5.41, 5.74) is 0.356. The van der Waals surface area contributed by atoms with Crippen LogP contribution in [0.1, 0.15) is 32.3 Å². The molecule has 0 aromatic carbocycles. The van der Waals surface area contributed by atoms with Crippen molar-refractivity contribution in [1.29, 1.82) is 0 Å². The summed E-state index contributed by atoms with van der Waals surface area (Å²) in [6.07, 6.45) is 1.12. The molecule has 0 saturated heterocycles. The lowest BCUT2D eigenvalue weighted by Crippen LogP contribution is -2.26. The van der Waals surface area contributed by atoms with Gasteiger partial charge in [0, 0.05) is 46.3 Å². The Morgan fingerprint density at radius 1 is 1.42 bits per heavy atom. The fourth-order valence-electron chi connectivity index (χ4n) is 2.62. The van der Waals surface area contributed by atoms with Gasteiger partial charge in [-0.25, -0.2) is 9.38 Å². The number of hydrogen-bond acceptors (Lipinski definition) is 5. The van der Waals surface area contributed by atoms with E-state index in [4.69, 9.17) is 0 Å². The third kappa shape index (κ3) is 3.24. The lowest BCUT2D eigenvalue weighted by molar-refractivity contribution is 0.0956. The molecule has 3 aromatic rings. The van der Waals surface area contributed by atoms with E-state index in [0.717, 1.165) is 28.8 Å². The maximum absolute atomic E-state index is 13.5. The van der Waals surface area contributed by atoms with Crippen LogP contribution in [0.25, 0.3) is 4.96 Å². The normalized spacial score (nSPS) is 11.9. The van der Waals surface area contributed by atoms with E-state index in [1.165, 1.54) is 33.5 Å². The van der Waals surface area contributed by atoms with E-state index in [1.54, 1.807) is 13.8 Å². The van der Waals surface area contributed by atoms with Gasteiger partial charge in [-0.1, -0.05) is 0 Å². The highest BCUT2D eigenvalue weighted by atomic mass is 127. The average molecular weight is 493 g/mol. The van der Waals surface area contributed by atoms with Gasteiger partial charge in [0.05, 0.1) is 24.0 Å². The van der Waals surface area contributed by atoms with Crippen molar-refractivity contribution in [2.75, 3.05) is 7.05 Å². The molecule has 0 bridgehead atoms. The number of carbonyl (C=O) groups is 1. The van der Waals surface area contributed by atoms with E-state index in [9.17, 15) is 18.4 Å². The molecule has 1 N–H and O–H groups in total. The lowest BCUT2D eigenvalue weighted by atomic mass is 10.2. The molecule has 0 fully saturated rings. The van der Waals surface area contributed by atoms with Crippen molar-refractivity contribution in [3.05, 3.63) is 50.1 Å². The fraction of sp³-hybridized carbons (Fsp3) is 0.333. The number of rotatable bonds is 4. The van der Waals surface area contributed by atoms with Crippen molar-refractivity contribution in [3.8, 4) is 0 Å². The summed E-state index contributed by atoms with van der Waals surface area (Å²) in [6.45, 7) is 3.35. The maximum atomic E-state index is 13.5. The third-order valence-corrected chi connectivity index (χ3v) is 5.44. The van der Waals surface area contributed by atoms with Gasteiger partial charge in [-0.2, -0.15) is 13.9 Å². The largest absolute Gasteiger partial charge is 0.354 e. The van der Waals surface area contributed by atoms with E-state index in [-0.39, 0.29) is 23.7 Å². The van der Waals surface area contributed by atoms with Gasteiger partial charge >= 0.3 is 3.93 Å². The van der Waals surface area contributed by atoms with Gasteiger partial charge in [0.25, 0.3) is 11.5 Å². The number of fused-ring (bicyclic) bond motifs is 1. The van der Waals surface area contributed by atoms with E-state index in [1.807, 2.05) is 0 Å². The quantitative estimate of drug-likeness (QED) is 0.448. The topological polar surface area (TPSA) is 81.3 Å². The predicted octanol–water partition coefficient (Wildman–Crippen LogP) is 2.46. The molecule has 0 unspecified atom stereocenters. The molecule has 1 amide bonds. The monoisotopic (exact) mass is 493 g/mol. The highest BCUT2D eigenvalue weighted by Crippen LogP contribution is 2.36. The lowest BCUT2D eigenvalue weighted by Gasteiger charge is -2.09. The number of carbonyl (C=O) groups excluding carboxylic acids is 1. The minimum atomic E-state index is -3.02. The molecule has 0 radical (unpaired) electrons. The first-order chi connectivity index (χ1) is 12.1. The van der Waals surface area contributed by atoms with Crippen molar-refractivity contribution < 1.29 is 13.6 Å². The van der Waals surface area contributed by atoms with Crippen LogP contribution >= 0.6 is 33.9 Å². The first-order valence-electron chi connectivity index (χ1n) is 7.47. The molecule has 26 heavy (non-hydrogen) atoms. The molecule has 3 aromatic heterocycles. The van der Waals surface area contributed by atoms with E-state index < -0.39 is 9.49 Å². The van der Waals surface area contributed by atoms with Gasteiger partial charge in [0.2, 0.25) is 0 Å². The van der Waals surface area contributed by atoms with Crippen LogP contribution in [0.2, 0.25) is 0 Å². The summed E-state index contributed by atoms with van der Waals surface area (Å²) in [4.78, 5) is 29.9. The summed E-state index contributed by atoms with van der Waals surface area (Å²) < 4.78 is 26.7. The van der Waals surface area contributed by atoms with Gasteiger partial charge in [-0.15, -0.1) is 11.3 Å². The number of nitrogens with one attached hydrogen (secondary N) is 1. The van der Waals surface area contributed by atoms with Gasteiger partial charge in [-0.05, 0) is 13.8 Å². The zero-order valence-corrected chi connectivity index (χ0v) is 17.0. The third-order valence-electron chi connectivity index (χ3n) is 3.90. The zero-order chi connectivity index (χ0) is 19.2. The summed E-state index contributed by atoms with van der Waals surface area (Å²) >= 11 is 2.27. The summed E-state index contributed by atoms with van der Waals surface area (Å²) in [5, 5.41) is 6.47. The number of thiazole rings is 1. The van der Waals surface area contributed by atoms with E-state index >= 15 is 0 Å². The Morgan fingerprint density at radius 2 is 2.12 bits per heavy atom. The molecular formula is C15H14F2IN5O2S. The standard InChI is InChI=1S/C15H14F2IN5O2S/c1-7-10(15(16,17)18)5-20-22(7)6-9-4-11(24)23-12(13(25)19-3)8(2)26-14(23)21-9/h4-5H,6H2,1-3H3,(H,19,25). The van der Waals surface area contributed by atoms with Gasteiger partial charge in [0.15, 0.2) is 4.96 Å². The Hall–Kier alpha value is -1.89. The Kier molecular flexibility index (Phi) is 4.86. The van der Waals surface area contributed by atoms with Crippen LogP contribution in [0.15, 0.2) is 17.1 Å². The summed E-state index contributed by atoms with van der Waals surface area (Å²) in [5.74, 6) is -0.373. The molecule has 3 heterocycles. The van der Waals surface area contributed by atoms with E-state index in [2.05, 4.69) is 15.4 Å². The second kappa shape index (κ2) is 6.68. The molecular weight excluding hydrogens is 479 g/mol. The predicted molar refractivity (Wildman–Crippen MR) is 101 cm³/mol. The minimum Gasteiger partial charge on any atom is -0.354 e. The molecule has 11 heteroatoms. The smallest absolute Gasteiger partial charge is 0.324 e. The Morgan fingerprint density at radius 3 is 2.69 bits per heavy atom. The Bertz CT molecular complexity index is 1070. The number of aryl methyl sites for hydroxylation is 1. The number of nitrogens with zero attached hydrogens (tertiary/aromatic N) is 4. The van der Waals surface area contributed by atoms with Gasteiger partial charge in [0.1, 0.15) is 5.69 Å². The fourth-order valence-corrected chi connectivity index (χ4v) is 4.14. The van der Waals surface area contributed by atoms with Crippen LogP contribution < -0.4 is 10.9 Å². The van der Waals surface area contributed by atoms with Crippen LogP contribution in [0.3, 0.4) is 0 Å². The van der Waals surface area contributed by atoms with Crippen molar-refractivity contribution in [3.63, 3.8) is 0 Å². The summed E-state index contributed by atoms with van der Waals surface area (Å²) in [6, 6.07) is 1.29. The SMILES string of the molecule is CNC(=O)c1c(C)sc2nc(Cn3ncc(C(F)(F)I)c3C)cc(=O)n12. The molecule has 0 saturated carbocycles. The maximum Gasteiger partial charge on any atom is 0.324 e. The van der Waals surface area contributed by atoms with Crippen LogP contribution in [0.4, 0.5) is 8.78 Å². The highest BCUT2D eigenvalue weighted by Gasteiger charge is 2.31. The van der Waals surface area contributed by atoms with Crippen LogP contribution in [-0.2, 0) is 10.5 Å². The zero-order valence-electron chi connectivity index (χ0n) is 14.0. The van der Waals surface area contributed by atoms with Gasteiger partial charge in [-0.3, -0.25) is 14.3 Å². The number of alkyl halides is 3. The molecule has 3 rings (SSSR count).